The van der Waals surface area contributed by atoms with Crippen molar-refractivity contribution in [2.45, 2.75) is 26.1 Å². The Bertz CT molecular complexity index is 647. The molecule has 3 nitrogen and oxygen atoms in total. The molecule has 0 saturated carbocycles. The molecule has 4 heteroatoms. The first-order valence-electron chi connectivity index (χ1n) is 6.73. The quantitative estimate of drug-likeness (QED) is 0.911. The monoisotopic (exact) mass is 285 g/mol. The number of nitrogens with zero attached hydrogens (tertiary/aromatic N) is 1. The molecule has 1 N–H and O–H groups in total. The van der Waals surface area contributed by atoms with Crippen molar-refractivity contribution in [3.05, 3.63) is 65.0 Å². The fourth-order valence-electron chi connectivity index (χ4n) is 1.94. The van der Waals surface area contributed by atoms with Crippen LogP contribution in [0.25, 0.3) is 0 Å². The fraction of sp³-hybridized carbons (Fsp3) is 0.235. The molecule has 0 aromatic heterocycles. The van der Waals surface area contributed by atoms with Gasteiger partial charge in [-0.2, -0.15) is 5.26 Å². The van der Waals surface area contributed by atoms with Gasteiger partial charge < -0.3 is 9.84 Å². The lowest BCUT2D eigenvalue weighted by Crippen LogP contribution is -1.98. The smallest absolute Gasteiger partial charge is 0.140 e. The van der Waals surface area contributed by atoms with Crippen LogP contribution in [0.4, 0.5) is 4.39 Å². The van der Waals surface area contributed by atoms with Crippen LogP contribution in [-0.2, 0) is 6.61 Å². The predicted molar refractivity (Wildman–Crippen MR) is 77.1 cm³/mol. The van der Waals surface area contributed by atoms with Gasteiger partial charge in [0.15, 0.2) is 0 Å². The Balaban J connectivity index is 2.02. The number of benzene rings is 2. The van der Waals surface area contributed by atoms with E-state index < -0.39 is 11.9 Å². The molecule has 21 heavy (non-hydrogen) atoms. The first kappa shape index (κ1) is 15.0. The average molecular weight is 285 g/mol. The summed E-state index contributed by atoms with van der Waals surface area (Å²) < 4.78 is 18.8. The van der Waals surface area contributed by atoms with E-state index in [0.29, 0.717) is 12.2 Å². The highest BCUT2D eigenvalue weighted by molar-refractivity contribution is 5.34. The lowest BCUT2D eigenvalue weighted by molar-refractivity contribution is 0.173. The van der Waals surface area contributed by atoms with E-state index in [4.69, 9.17) is 10.00 Å². The summed E-state index contributed by atoms with van der Waals surface area (Å²) in [6.07, 6.45) is 0.196. The van der Waals surface area contributed by atoms with Crippen LogP contribution in [0.5, 0.6) is 5.75 Å². The standard InChI is InChI=1S/C17H16FNO2/c1-2-17(20)13-4-6-15(7-5-13)21-11-12-3-8-16(18)14(9-12)10-19/h3-9,17,20H,2,11H2,1H3. The van der Waals surface area contributed by atoms with E-state index in [-0.39, 0.29) is 12.2 Å². The normalized spacial score (nSPS) is 11.7. The van der Waals surface area contributed by atoms with Crippen molar-refractivity contribution in [1.29, 1.82) is 5.26 Å². The van der Waals surface area contributed by atoms with Gasteiger partial charge in [-0.25, -0.2) is 4.39 Å². The van der Waals surface area contributed by atoms with E-state index in [1.165, 1.54) is 12.1 Å². The third-order valence-electron chi connectivity index (χ3n) is 3.21. The molecular weight excluding hydrogens is 269 g/mol. The van der Waals surface area contributed by atoms with Crippen molar-refractivity contribution in [1.82, 2.24) is 0 Å². The highest BCUT2D eigenvalue weighted by atomic mass is 19.1. The molecule has 0 aliphatic heterocycles. The van der Waals surface area contributed by atoms with Crippen LogP contribution >= 0.6 is 0 Å². The summed E-state index contributed by atoms with van der Waals surface area (Å²) in [6, 6.07) is 13.3. The van der Waals surface area contributed by atoms with Crippen molar-refractivity contribution in [3.63, 3.8) is 0 Å². The molecular formula is C17H16FNO2. The Labute approximate surface area is 123 Å². The molecule has 0 fully saturated rings. The number of halogens is 1. The number of rotatable bonds is 5. The van der Waals surface area contributed by atoms with Crippen molar-refractivity contribution in [2.75, 3.05) is 0 Å². The third kappa shape index (κ3) is 3.80. The van der Waals surface area contributed by atoms with Gasteiger partial charge in [0.25, 0.3) is 0 Å². The Hall–Kier alpha value is -2.38. The average Bonchev–Trinajstić information content (AvgIpc) is 2.53. The van der Waals surface area contributed by atoms with Crippen molar-refractivity contribution in [3.8, 4) is 11.8 Å². The van der Waals surface area contributed by atoms with Gasteiger partial charge in [-0.1, -0.05) is 25.1 Å². The van der Waals surface area contributed by atoms with Crippen molar-refractivity contribution in [2.24, 2.45) is 0 Å². The summed E-state index contributed by atoms with van der Waals surface area (Å²) in [4.78, 5) is 0. The fourth-order valence-corrected chi connectivity index (χ4v) is 1.94. The maximum Gasteiger partial charge on any atom is 0.140 e. The minimum absolute atomic E-state index is 0.0116. The topological polar surface area (TPSA) is 53.2 Å². The van der Waals surface area contributed by atoms with Gasteiger partial charge in [0.1, 0.15) is 24.2 Å². The highest BCUT2D eigenvalue weighted by Crippen LogP contribution is 2.20. The van der Waals surface area contributed by atoms with Crippen LogP contribution in [-0.4, -0.2) is 5.11 Å². The Morgan fingerprint density at radius 1 is 1.24 bits per heavy atom. The van der Waals surface area contributed by atoms with Gasteiger partial charge in [0, 0.05) is 0 Å². The zero-order valence-corrected chi connectivity index (χ0v) is 11.7. The van der Waals surface area contributed by atoms with Crippen LogP contribution in [0.15, 0.2) is 42.5 Å². The second-order valence-corrected chi connectivity index (χ2v) is 4.71. The van der Waals surface area contributed by atoms with Gasteiger partial charge in [-0.15, -0.1) is 0 Å². The lowest BCUT2D eigenvalue weighted by atomic mass is 10.1. The molecule has 1 atom stereocenters. The van der Waals surface area contributed by atoms with Crippen molar-refractivity contribution >= 4 is 0 Å². The second kappa shape index (κ2) is 6.87. The van der Waals surface area contributed by atoms with Crippen LogP contribution in [0, 0.1) is 17.1 Å². The first-order chi connectivity index (χ1) is 10.1. The van der Waals surface area contributed by atoms with E-state index in [9.17, 15) is 9.50 Å². The lowest BCUT2D eigenvalue weighted by Gasteiger charge is -2.10. The molecule has 0 aliphatic rings. The number of hydrogen-bond acceptors (Lipinski definition) is 3. The van der Waals surface area contributed by atoms with Crippen LogP contribution in [0.1, 0.15) is 36.1 Å². The first-order valence-corrected chi connectivity index (χ1v) is 6.73. The number of ether oxygens (including phenoxy) is 1. The molecule has 0 saturated heterocycles. The third-order valence-corrected chi connectivity index (χ3v) is 3.21. The van der Waals surface area contributed by atoms with E-state index in [2.05, 4.69) is 0 Å². The molecule has 108 valence electrons. The maximum absolute atomic E-state index is 13.2. The summed E-state index contributed by atoms with van der Waals surface area (Å²) in [5.74, 6) is 0.129. The molecule has 0 bridgehead atoms. The molecule has 2 aromatic rings. The van der Waals surface area contributed by atoms with E-state index in [1.807, 2.05) is 19.1 Å². The number of hydrogen-bond donors (Lipinski definition) is 1. The largest absolute Gasteiger partial charge is 0.489 e. The summed E-state index contributed by atoms with van der Waals surface area (Å²) >= 11 is 0. The number of aliphatic hydroxyl groups excluding tert-OH is 1. The summed E-state index contributed by atoms with van der Waals surface area (Å²) in [5.41, 5.74) is 1.58. The SMILES string of the molecule is CCC(O)c1ccc(OCc2ccc(F)c(C#N)c2)cc1. The van der Waals surface area contributed by atoms with E-state index in [0.717, 1.165) is 11.1 Å². The molecule has 2 rings (SSSR count). The molecule has 0 aliphatic carbocycles. The zero-order chi connectivity index (χ0) is 15.2. The van der Waals surface area contributed by atoms with Gasteiger partial charge in [0.2, 0.25) is 0 Å². The number of nitriles is 1. The Morgan fingerprint density at radius 3 is 2.57 bits per heavy atom. The summed E-state index contributed by atoms with van der Waals surface area (Å²) in [6.45, 7) is 2.17. The summed E-state index contributed by atoms with van der Waals surface area (Å²) in [5, 5.41) is 18.5. The molecule has 0 radical (unpaired) electrons. The van der Waals surface area contributed by atoms with Crippen molar-refractivity contribution < 1.29 is 14.2 Å². The van der Waals surface area contributed by atoms with Gasteiger partial charge in [-0.05, 0) is 41.8 Å². The summed E-state index contributed by atoms with van der Waals surface area (Å²) in [7, 11) is 0. The molecule has 0 spiro atoms. The minimum Gasteiger partial charge on any atom is -0.489 e. The molecule has 0 heterocycles. The molecule has 1 unspecified atom stereocenters. The van der Waals surface area contributed by atoms with Gasteiger partial charge in [0.05, 0.1) is 11.7 Å². The van der Waals surface area contributed by atoms with Crippen LogP contribution < -0.4 is 4.74 Å². The second-order valence-electron chi connectivity index (χ2n) is 4.71. The van der Waals surface area contributed by atoms with Crippen LogP contribution in [0.2, 0.25) is 0 Å². The van der Waals surface area contributed by atoms with E-state index in [1.54, 1.807) is 24.3 Å². The molecule has 2 aromatic carbocycles. The Morgan fingerprint density at radius 2 is 1.95 bits per heavy atom. The van der Waals surface area contributed by atoms with Crippen LogP contribution in [0.3, 0.4) is 0 Å². The van der Waals surface area contributed by atoms with Gasteiger partial charge >= 0.3 is 0 Å². The number of aliphatic hydroxyl groups is 1. The highest BCUT2D eigenvalue weighted by Gasteiger charge is 2.06. The van der Waals surface area contributed by atoms with Gasteiger partial charge in [-0.3, -0.25) is 0 Å². The van der Waals surface area contributed by atoms with E-state index >= 15 is 0 Å². The Kier molecular flexibility index (Phi) is 4.91. The maximum atomic E-state index is 13.2. The molecule has 0 amide bonds. The minimum atomic E-state index is -0.529. The predicted octanol–water partition coefficient (Wildman–Crippen LogP) is 3.72. The zero-order valence-electron chi connectivity index (χ0n) is 11.7.